The lowest BCUT2D eigenvalue weighted by molar-refractivity contribution is -0.141. The summed E-state index contributed by atoms with van der Waals surface area (Å²) in [5.41, 5.74) is 3.25. The van der Waals surface area contributed by atoms with Crippen LogP contribution >= 0.6 is 11.8 Å². The zero-order valence-corrected chi connectivity index (χ0v) is 21.9. The minimum Gasteiger partial charge on any atom is -0.352 e. The van der Waals surface area contributed by atoms with Gasteiger partial charge in [-0.2, -0.15) is 0 Å². The summed E-state index contributed by atoms with van der Waals surface area (Å²) >= 11 is 1.68. The second-order valence-corrected chi connectivity index (χ2v) is 10.8. The molecule has 0 spiro atoms. The van der Waals surface area contributed by atoms with Gasteiger partial charge >= 0.3 is 0 Å². The Morgan fingerprint density at radius 3 is 2.28 bits per heavy atom. The Bertz CT molecular complexity index is 1110. The molecular formula is C31H36N2O2S. The molecule has 1 aliphatic carbocycles. The van der Waals surface area contributed by atoms with Gasteiger partial charge in [-0.3, -0.25) is 9.59 Å². The van der Waals surface area contributed by atoms with Crippen LogP contribution in [0.4, 0.5) is 0 Å². The van der Waals surface area contributed by atoms with Gasteiger partial charge < -0.3 is 10.2 Å². The molecule has 188 valence electrons. The fourth-order valence-electron chi connectivity index (χ4n) is 4.85. The van der Waals surface area contributed by atoms with Crippen molar-refractivity contribution in [2.75, 3.05) is 5.75 Å². The minimum absolute atomic E-state index is 0.0161. The number of amides is 2. The molecule has 1 fully saturated rings. The molecule has 0 bridgehead atoms. The van der Waals surface area contributed by atoms with E-state index in [0.717, 1.165) is 47.3 Å². The van der Waals surface area contributed by atoms with E-state index in [4.69, 9.17) is 0 Å². The highest BCUT2D eigenvalue weighted by molar-refractivity contribution is 7.99. The molecule has 0 aliphatic heterocycles. The highest BCUT2D eigenvalue weighted by Gasteiger charge is 2.32. The third-order valence-electron chi connectivity index (χ3n) is 6.74. The third-order valence-corrected chi connectivity index (χ3v) is 7.75. The first kappa shape index (κ1) is 26.0. The van der Waals surface area contributed by atoms with E-state index >= 15 is 0 Å². The summed E-state index contributed by atoms with van der Waals surface area (Å²) in [6.07, 6.45) is 5.22. The molecule has 1 saturated carbocycles. The standard InChI is InChI=1S/C31H36N2O2S/c1-24-11-10-14-26(21-24)23-33(30(34)19-20-36-28-17-6-3-7-18-28)29(22-25-12-4-2-5-13-25)31(35)32-27-15-8-9-16-27/h2-7,10-14,17-18,21,27,29H,8-9,15-16,19-20,22-23H2,1H3,(H,32,35). The SMILES string of the molecule is Cc1cccc(CN(C(=O)CCSc2ccccc2)C(Cc2ccccc2)C(=O)NC2CCCC2)c1. The second kappa shape index (κ2) is 13.3. The first-order valence-corrected chi connectivity index (χ1v) is 13.9. The van der Waals surface area contributed by atoms with E-state index in [2.05, 4.69) is 36.5 Å². The summed E-state index contributed by atoms with van der Waals surface area (Å²) in [6, 6.07) is 28.1. The first-order chi connectivity index (χ1) is 17.6. The summed E-state index contributed by atoms with van der Waals surface area (Å²) in [5.74, 6) is 0.653. The largest absolute Gasteiger partial charge is 0.352 e. The zero-order chi connectivity index (χ0) is 25.2. The van der Waals surface area contributed by atoms with Gasteiger partial charge in [-0.25, -0.2) is 0 Å². The number of carbonyl (C=O) groups excluding carboxylic acids is 2. The number of nitrogens with zero attached hydrogens (tertiary/aromatic N) is 1. The van der Waals surface area contributed by atoms with Crippen molar-refractivity contribution in [1.82, 2.24) is 10.2 Å². The van der Waals surface area contributed by atoms with Crippen LogP contribution in [0, 0.1) is 6.92 Å². The van der Waals surface area contributed by atoms with Crippen molar-refractivity contribution in [3.63, 3.8) is 0 Å². The van der Waals surface area contributed by atoms with Gasteiger partial charge in [-0.15, -0.1) is 11.8 Å². The number of thioether (sulfide) groups is 1. The molecule has 0 radical (unpaired) electrons. The predicted octanol–water partition coefficient (Wildman–Crippen LogP) is 6.18. The van der Waals surface area contributed by atoms with Gasteiger partial charge in [0.1, 0.15) is 6.04 Å². The van der Waals surface area contributed by atoms with Gasteiger partial charge in [0.2, 0.25) is 11.8 Å². The van der Waals surface area contributed by atoms with Crippen molar-refractivity contribution in [2.45, 2.75) is 69.0 Å². The molecule has 2 amide bonds. The number of benzene rings is 3. The normalized spacial score (nSPS) is 14.4. The van der Waals surface area contributed by atoms with Crippen LogP contribution in [0.5, 0.6) is 0 Å². The van der Waals surface area contributed by atoms with Crippen molar-refractivity contribution in [2.24, 2.45) is 0 Å². The third kappa shape index (κ3) is 7.72. The summed E-state index contributed by atoms with van der Waals surface area (Å²) in [4.78, 5) is 30.4. The fraction of sp³-hybridized carbons (Fsp3) is 0.355. The number of hydrogen-bond donors (Lipinski definition) is 1. The number of aryl methyl sites for hydroxylation is 1. The Balaban J connectivity index is 1.56. The van der Waals surface area contributed by atoms with Gasteiger partial charge in [0.25, 0.3) is 0 Å². The summed E-state index contributed by atoms with van der Waals surface area (Å²) in [7, 11) is 0. The van der Waals surface area contributed by atoms with Crippen LogP contribution in [0.25, 0.3) is 0 Å². The summed E-state index contributed by atoms with van der Waals surface area (Å²) in [6.45, 7) is 2.48. The highest BCUT2D eigenvalue weighted by Crippen LogP contribution is 2.22. The molecule has 0 saturated heterocycles. The Morgan fingerprint density at radius 1 is 0.917 bits per heavy atom. The Kier molecular flexibility index (Phi) is 9.62. The quantitative estimate of drug-likeness (QED) is 0.320. The maximum atomic E-state index is 13.7. The molecule has 0 aromatic heterocycles. The highest BCUT2D eigenvalue weighted by atomic mass is 32.2. The van der Waals surface area contributed by atoms with Crippen LogP contribution in [0.2, 0.25) is 0 Å². The molecule has 1 unspecified atom stereocenters. The van der Waals surface area contributed by atoms with E-state index in [9.17, 15) is 9.59 Å². The van der Waals surface area contributed by atoms with E-state index in [1.54, 1.807) is 11.8 Å². The number of rotatable bonds is 11. The monoisotopic (exact) mass is 500 g/mol. The Hall–Kier alpha value is -3.05. The van der Waals surface area contributed by atoms with E-state index in [1.807, 2.05) is 65.6 Å². The zero-order valence-electron chi connectivity index (χ0n) is 21.1. The van der Waals surface area contributed by atoms with Crippen molar-refractivity contribution < 1.29 is 9.59 Å². The molecule has 4 nitrogen and oxygen atoms in total. The minimum atomic E-state index is -0.553. The smallest absolute Gasteiger partial charge is 0.243 e. The van der Waals surface area contributed by atoms with Crippen LogP contribution in [-0.2, 0) is 22.6 Å². The van der Waals surface area contributed by atoms with E-state index < -0.39 is 6.04 Å². The van der Waals surface area contributed by atoms with Crippen molar-refractivity contribution in [3.8, 4) is 0 Å². The molecule has 1 N–H and O–H groups in total. The van der Waals surface area contributed by atoms with E-state index in [-0.39, 0.29) is 17.9 Å². The summed E-state index contributed by atoms with van der Waals surface area (Å²) < 4.78 is 0. The molecule has 1 atom stereocenters. The van der Waals surface area contributed by atoms with Crippen molar-refractivity contribution in [1.29, 1.82) is 0 Å². The first-order valence-electron chi connectivity index (χ1n) is 13.0. The molecule has 1 aliphatic rings. The predicted molar refractivity (Wildman–Crippen MR) is 148 cm³/mol. The maximum Gasteiger partial charge on any atom is 0.243 e. The molecule has 3 aromatic rings. The van der Waals surface area contributed by atoms with Crippen LogP contribution in [0.15, 0.2) is 89.8 Å². The van der Waals surface area contributed by atoms with Crippen LogP contribution in [0.3, 0.4) is 0 Å². The number of carbonyl (C=O) groups is 2. The Labute approximate surface area is 219 Å². The number of nitrogens with one attached hydrogen (secondary N) is 1. The summed E-state index contributed by atoms with van der Waals surface area (Å²) in [5, 5.41) is 3.28. The van der Waals surface area contributed by atoms with E-state index in [1.165, 1.54) is 0 Å². The lowest BCUT2D eigenvalue weighted by Gasteiger charge is -2.32. The van der Waals surface area contributed by atoms with Gasteiger partial charge in [0, 0.05) is 36.1 Å². The molecule has 0 heterocycles. The van der Waals surface area contributed by atoms with Gasteiger partial charge in [-0.05, 0) is 43.0 Å². The molecule has 5 heteroatoms. The topological polar surface area (TPSA) is 49.4 Å². The van der Waals surface area contributed by atoms with Gasteiger partial charge in [0.05, 0.1) is 0 Å². The van der Waals surface area contributed by atoms with Crippen LogP contribution in [0.1, 0.15) is 48.8 Å². The lowest BCUT2D eigenvalue weighted by atomic mass is 10.0. The van der Waals surface area contributed by atoms with Gasteiger partial charge in [0.15, 0.2) is 0 Å². The fourth-order valence-corrected chi connectivity index (χ4v) is 5.71. The average Bonchev–Trinajstić information content (AvgIpc) is 3.40. The van der Waals surface area contributed by atoms with Crippen molar-refractivity contribution in [3.05, 3.63) is 102 Å². The number of hydrogen-bond acceptors (Lipinski definition) is 3. The second-order valence-electron chi connectivity index (χ2n) is 9.62. The maximum absolute atomic E-state index is 13.7. The van der Waals surface area contributed by atoms with Crippen molar-refractivity contribution >= 4 is 23.6 Å². The molecular weight excluding hydrogens is 464 g/mol. The molecule has 4 rings (SSSR count). The van der Waals surface area contributed by atoms with E-state index in [0.29, 0.717) is 25.1 Å². The average molecular weight is 501 g/mol. The van der Waals surface area contributed by atoms with Gasteiger partial charge in [-0.1, -0.05) is 91.2 Å². The van der Waals surface area contributed by atoms with Crippen LogP contribution in [-0.4, -0.2) is 34.6 Å². The lowest BCUT2D eigenvalue weighted by Crippen LogP contribution is -2.52. The molecule has 36 heavy (non-hydrogen) atoms. The van der Waals surface area contributed by atoms with Crippen LogP contribution < -0.4 is 5.32 Å². The Morgan fingerprint density at radius 2 is 1.58 bits per heavy atom. The molecule has 3 aromatic carbocycles.